The smallest absolute Gasteiger partial charge is 0.243 e. The number of carbonyl (C=O) groups excluding carboxylic acids is 2. The summed E-state index contributed by atoms with van der Waals surface area (Å²) in [5.74, 6) is -1.22. The Bertz CT molecular complexity index is 871. The highest BCUT2D eigenvalue weighted by Gasteiger charge is 2.35. The van der Waals surface area contributed by atoms with Crippen molar-refractivity contribution in [2.24, 2.45) is 5.92 Å². The van der Waals surface area contributed by atoms with Gasteiger partial charge in [0.05, 0.1) is 5.92 Å². The van der Waals surface area contributed by atoms with Gasteiger partial charge in [-0.15, -0.1) is 0 Å². The van der Waals surface area contributed by atoms with Crippen LogP contribution in [0.15, 0.2) is 48.5 Å². The first-order chi connectivity index (χ1) is 13.5. The number of hydrogen-bond donors (Lipinski definition) is 3. The third kappa shape index (κ3) is 4.83. The number of halogens is 1. The molecule has 1 aliphatic heterocycles. The minimum atomic E-state index is -0.473. The SMILES string of the molecule is CCc1ccc(N2C[C@@H](C(=O)NNC(=S)Nc3ccc(F)cc3)CC2=O)cc1. The van der Waals surface area contributed by atoms with Crippen LogP contribution in [0.2, 0.25) is 0 Å². The van der Waals surface area contributed by atoms with Gasteiger partial charge >= 0.3 is 0 Å². The first-order valence-corrected chi connectivity index (χ1v) is 9.39. The van der Waals surface area contributed by atoms with E-state index in [0.717, 1.165) is 12.1 Å². The van der Waals surface area contributed by atoms with Crippen LogP contribution in [0.4, 0.5) is 15.8 Å². The highest BCUT2D eigenvalue weighted by molar-refractivity contribution is 7.80. The fourth-order valence-corrected chi connectivity index (χ4v) is 3.13. The molecule has 146 valence electrons. The van der Waals surface area contributed by atoms with Crippen LogP contribution in [0.3, 0.4) is 0 Å². The Morgan fingerprint density at radius 3 is 2.46 bits per heavy atom. The number of carbonyl (C=O) groups is 2. The molecule has 0 aliphatic carbocycles. The number of benzene rings is 2. The van der Waals surface area contributed by atoms with Gasteiger partial charge in [0, 0.05) is 24.3 Å². The Balaban J connectivity index is 1.51. The van der Waals surface area contributed by atoms with Crippen molar-refractivity contribution in [1.82, 2.24) is 10.9 Å². The topological polar surface area (TPSA) is 73.5 Å². The molecular formula is C20H21FN4O2S. The second-order valence-corrected chi connectivity index (χ2v) is 6.91. The van der Waals surface area contributed by atoms with Gasteiger partial charge in [-0.25, -0.2) is 4.39 Å². The highest BCUT2D eigenvalue weighted by atomic mass is 32.1. The van der Waals surface area contributed by atoms with E-state index in [-0.39, 0.29) is 29.2 Å². The zero-order valence-corrected chi connectivity index (χ0v) is 16.2. The van der Waals surface area contributed by atoms with E-state index in [1.54, 1.807) is 4.90 Å². The highest BCUT2D eigenvalue weighted by Crippen LogP contribution is 2.25. The van der Waals surface area contributed by atoms with Crippen molar-refractivity contribution in [1.29, 1.82) is 0 Å². The molecule has 1 saturated heterocycles. The lowest BCUT2D eigenvalue weighted by molar-refractivity contribution is -0.126. The summed E-state index contributed by atoms with van der Waals surface area (Å²) in [5.41, 5.74) is 7.70. The number of anilines is 2. The molecule has 0 unspecified atom stereocenters. The monoisotopic (exact) mass is 400 g/mol. The number of hydrazine groups is 1. The number of nitrogens with zero attached hydrogens (tertiary/aromatic N) is 1. The third-order valence-corrected chi connectivity index (χ3v) is 4.76. The molecule has 2 aromatic carbocycles. The maximum Gasteiger partial charge on any atom is 0.243 e. The van der Waals surface area contributed by atoms with Crippen LogP contribution in [0, 0.1) is 11.7 Å². The van der Waals surface area contributed by atoms with Gasteiger partial charge in [-0.1, -0.05) is 19.1 Å². The fraction of sp³-hybridized carbons (Fsp3) is 0.250. The summed E-state index contributed by atoms with van der Waals surface area (Å²) in [6.45, 7) is 2.38. The molecular weight excluding hydrogens is 379 g/mol. The normalized spacial score (nSPS) is 16.0. The van der Waals surface area contributed by atoms with E-state index in [0.29, 0.717) is 12.2 Å². The van der Waals surface area contributed by atoms with E-state index < -0.39 is 5.92 Å². The van der Waals surface area contributed by atoms with E-state index in [2.05, 4.69) is 23.1 Å². The molecule has 0 spiro atoms. The lowest BCUT2D eigenvalue weighted by atomic mass is 10.1. The quantitative estimate of drug-likeness (QED) is 0.544. The van der Waals surface area contributed by atoms with Crippen LogP contribution < -0.4 is 21.1 Å². The third-order valence-electron chi connectivity index (χ3n) is 4.55. The predicted molar refractivity (Wildman–Crippen MR) is 110 cm³/mol. The number of hydrogen-bond acceptors (Lipinski definition) is 3. The maximum atomic E-state index is 12.9. The van der Waals surface area contributed by atoms with E-state index in [1.165, 1.54) is 29.8 Å². The molecule has 0 bridgehead atoms. The van der Waals surface area contributed by atoms with E-state index in [9.17, 15) is 14.0 Å². The van der Waals surface area contributed by atoms with Crippen LogP contribution in [0.1, 0.15) is 18.9 Å². The summed E-state index contributed by atoms with van der Waals surface area (Å²) in [6, 6.07) is 13.4. The van der Waals surface area contributed by atoms with Crippen LogP contribution in [-0.4, -0.2) is 23.5 Å². The van der Waals surface area contributed by atoms with Gasteiger partial charge in [-0.2, -0.15) is 0 Å². The molecule has 2 aromatic rings. The minimum absolute atomic E-state index is 0.0867. The molecule has 1 heterocycles. The van der Waals surface area contributed by atoms with E-state index in [4.69, 9.17) is 12.2 Å². The number of nitrogens with one attached hydrogen (secondary N) is 3. The van der Waals surface area contributed by atoms with Gasteiger partial charge in [0.2, 0.25) is 11.8 Å². The Kier molecular flexibility index (Phi) is 6.20. The minimum Gasteiger partial charge on any atom is -0.331 e. The average Bonchev–Trinajstić information content (AvgIpc) is 3.10. The molecule has 2 amide bonds. The molecule has 28 heavy (non-hydrogen) atoms. The summed E-state index contributed by atoms with van der Waals surface area (Å²) < 4.78 is 12.9. The van der Waals surface area contributed by atoms with Gasteiger partial charge < -0.3 is 10.2 Å². The average molecular weight is 400 g/mol. The van der Waals surface area contributed by atoms with Crippen LogP contribution in [0.25, 0.3) is 0 Å². The number of thiocarbonyl (C=S) groups is 1. The van der Waals surface area contributed by atoms with Crippen LogP contribution in [0.5, 0.6) is 0 Å². The Hall–Kier alpha value is -3.00. The molecule has 1 aliphatic rings. The fourth-order valence-electron chi connectivity index (χ4n) is 2.96. The molecule has 0 radical (unpaired) electrons. The molecule has 1 atom stereocenters. The Morgan fingerprint density at radius 1 is 1.14 bits per heavy atom. The lowest BCUT2D eigenvalue weighted by Crippen LogP contribution is -2.46. The summed E-state index contributed by atoms with van der Waals surface area (Å²) >= 11 is 5.10. The standard InChI is InChI=1S/C20H21FN4O2S/c1-2-13-3-9-17(10-4-13)25-12-14(11-18(25)26)19(27)23-24-20(28)22-16-7-5-15(21)6-8-16/h3-10,14H,2,11-12H2,1H3,(H,23,27)(H2,22,24,28)/t14-/m0/s1. The first kappa shape index (κ1) is 19.8. The second kappa shape index (κ2) is 8.79. The van der Waals surface area contributed by atoms with Crippen LogP contribution in [-0.2, 0) is 16.0 Å². The van der Waals surface area contributed by atoms with Gasteiger partial charge in [-0.05, 0) is 60.6 Å². The van der Waals surface area contributed by atoms with Crippen molar-refractivity contribution < 1.29 is 14.0 Å². The van der Waals surface area contributed by atoms with Crippen molar-refractivity contribution in [3.63, 3.8) is 0 Å². The van der Waals surface area contributed by atoms with Crippen molar-refractivity contribution in [3.05, 3.63) is 59.9 Å². The largest absolute Gasteiger partial charge is 0.331 e. The number of aryl methyl sites for hydroxylation is 1. The molecule has 3 N–H and O–H groups in total. The molecule has 1 fully saturated rings. The van der Waals surface area contributed by atoms with Crippen molar-refractivity contribution >= 4 is 40.5 Å². The van der Waals surface area contributed by atoms with E-state index in [1.807, 2.05) is 24.3 Å². The Morgan fingerprint density at radius 2 is 1.82 bits per heavy atom. The lowest BCUT2D eigenvalue weighted by Gasteiger charge is -2.17. The van der Waals surface area contributed by atoms with Crippen LogP contribution >= 0.6 is 12.2 Å². The summed E-state index contributed by atoms with van der Waals surface area (Å²) in [6.07, 6.45) is 1.07. The number of amides is 2. The molecule has 8 heteroatoms. The predicted octanol–water partition coefficient (Wildman–Crippen LogP) is 2.76. The zero-order valence-electron chi connectivity index (χ0n) is 15.4. The first-order valence-electron chi connectivity index (χ1n) is 8.98. The van der Waals surface area contributed by atoms with Gasteiger partial charge in [-0.3, -0.25) is 20.4 Å². The van der Waals surface area contributed by atoms with Gasteiger partial charge in [0.15, 0.2) is 5.11 Å². The maximum absolute atomic E-state index is 12.9. The van der Waals surface area contributed by atoms with E-state index >= 15 is 0 Å². The molecule has 3 rings (SSSR count). The zero-order chi connectivity index (χ0) is 20.1. The molecule has 6 nitrogen and oxygen atoms in total. The summed E-state index contributed by atoms with van der Waals surface area (Å²) in [5, 5.41) is 2.99. The van der Waals surface area contributed by atoms with Crippen molar-refractivity contribution in [2.75, 3.05) is 16.8 Å². The summed E-state index contributed by atoms with van der Waals surface area (Å²) in [4.78, 5) is 26.3. The molecule has 0 aromatic heterocycles. The van der Waals surface area contributed by atoms with Crippen molar-refractivity contribution in [3.8, 4) is 0 Å². The summed E-state index contributed by atoms with van der Waals surface area (Å²) in [7, 11) is 0. The van der Waals surface area contributed by atoms with Gasteiger partial charge in [0.25, 0.3) is 0 Å². The molecule has 0 saturated carbocycles. The van der Waals surface area contributed by atoms with Crippen molar-refractivity contribution in [2.45, 2.75) is 19.8 Å². The van der Waals surface area contributed by atoms with Gasteiger partial charge in [0.1, 0.15) is 5.82 Å². The Labute approximate surface area is 168 Å². The second-order valence-electron chi connectivity index (χ2n) is 6.50. The number of rotatable bonds is 4.